The zero-order valence-corrected chi connectivity index (χ0v) is 18.9. The summed E-state index contributed by atoms with van der Waals surface area (Å²) in [6.07, 6.45) is 0. The van der Waals surface area contributed by atoms with Crippen molar-refractivity contribution < 1.29 is 4.79 Å². The van der Waals surface area contributed by atoms with Crippen LogP contribution in [0.5, 0.6) is 0 Å². The van der Waals surface area contributed by atoms with Gasteiger partial charge in [-0.05, 0) is 56.5 Å². The summed E-state index contributed by atoms with van der Waals surface area (Å²) in [7, 11) is 0. The first-order valence-electron chi connectivity index (χ1n) is 9.80. The number of nitrogens with one attached hydrogen (secondary N) is 1. The highest BCUT2D eigenvalue weighted by molar-refractivity contribution is 7.99. The monoisotopic (exact) mass is 440 g/mol. The van der Waals surface area contributed by atoms with Crippen molar-refractivity contribution in [2.75, 3.05) is 29.1 Å². The normalized spacial score (nSPS) is 10.6. The van der Waals surface area contributed by atoms with E-state index in [1.807, 2.05) is 11.5 Å². The van der Waals surface area contributed by atoms with Gasteiger partial charge in [0.15, 0.2) is 11.0 Å². The molecular formula is C21H24N6OS2. The average molecular weight is 441 g/mol. The molecule has 0 fully saturated rings. The van der Waals surface area contributed by atoms with Crippen LogP contribution in [0.1, 0.15) is 26.3 Å². The summed E-state index contributed by atoms with van der Waals surface area (Å²) < 4.78 is 2.01. The van der Waals surface area contributed by atoms with E-state index in [2.05, 4.69) is 64.6 Å². The van der Waals surface area contributed by atoms with E-state index in [-0.39, 0.29) is 11.7 Å². The molecule has 0 aliphatic carbocycles. The van der Waals surface area contributed by atoms with Gasteiger partial charge in [0.25, 0.3) is 0 Å². The molecule has 0 saturated heterocycles. The molecule has 1 aromatic carbocycles. The number of rotatable bonds is 9. The van der Waals surface area contributed by atoms with Gasteiger partial charge in [-0.25, -0.2) is 0 Å². The maximum Gasteiger partial charge on any atom is 0.235 e. The number of amides is 1. The second kappa shape index (κ2) is 10.3. The summed E-state index contributed by atoms with van der Waals surface area (Å²) in [6, 6.07) is 12.1. The Kier molecular flexibility index (Phi) is 7.49. The first-order chi connectivity index (χ1) is 14.6. The topological polar surface area (TPSA) is 86.8 Å². The lowest BCUT2D eigenvalue weighted by molar-refractivity contribution is -0.113. The first-order valence-corrected chi connectivity index (χ1v) is 11.7. The molecule has 156 valence electrons. The molecule has 0 unspecified atom stereocenters. The van der Waals surface area contributed by atoms with Gasteiger partial charge in [-0.15, -0.1) is 21.5 Å². The number of anilines is 2. The van der Waals surface area contributed by atoms with Gasteiger partial charge in [0, 0.05) is 30.9 Å². The summed E-state index contributed by atoms with van der Waals surface area (Å²) in [4.78, 5) is 14.6. The molecule has 0 atom stereocenters. The van der Waals surface area contributed by atoms with E-state index in [1.54, 1.807) is 11.4 Å². The van der Waals surface area contributed by atoms with E-state index < -0.39 is 0 Å². The molecule has 0 bridgehead atoms. The Morgan fingerprint density at radius 1 is 1.20 bits per heavy atom. The first kappa shape index (κ1) is 21.9. The Morgan fingerprint density at radius 3 is 2.57 bits per heavy atom. The van der Waals surface area contributed by atoms with Gasteiger partial charge >= 0.3 is 0 Å². The highest BCUT2D eigenvalue weighted by atomic mass is 32.2. The number of thiophene rings is 1. The number of nitriles is 1. The summed E-state index contributed by atoms with van der Waals surface area (Å²) in [5.41, 5.74) is 2.65. The maximum atomic E-state index is 12.3. The number of thioether (sulfide) groups is 1. The highest BCUT2D eigenvalue weighted by Crippen LogP contribution is 2.27. The summed E-state index contributed by atoms with van der Waals surface area (Å²) in [5.74, 6) is 0.813. The number of hydrogen-bond donors (Lipinski definition) is 1. The van der Waals surface area contributed by atoms with Crippen LogP contribution in [-0.2, 0) is 11.3 Å². The van der Waals surface area contributed by atoms with Crippen LogP contribution < -0.4 is 10.2 Å². The molecule has 0 spiro atoms. The van der Waals surface area contributed by atoms with E-state index in [4.69, 9.17) is 5.26 Å². The van der Waals surface area contributed by atoms with Gasteiger partial charge in [-0.2, -0.15) is 5.26 Å². The quantitative estimate of drug-likeness (QED) is 0.494. The minimum Gasteiger partial charge on any atom is -0.372 e. The highest BCUT2D eigenvalue weighted by Gasteiger charge is 2.16. The molecule has 1 N–H and O–H groups in total. The smallest absolute Gasteiger partial charge is 0.235 e. The molecule has 0 radical (unpaired) electrons. The Morgan fingerprint density at radius 2 is 1.93 bits per heavy atom. The van der Waals surface area contributed by atoms with Crippen molar-refractivity contribution in [2.24, 2.45) is 0 Å². The van der Waals surface area contributed by atoms with Crippen LogP contribution in [0.2, 0.25) is 0 Å². The van der Waals surface area contributed by atoms with Crippen LogP contribution in [0.3, 0.4) is 0 Å². The van der Waals surface area contributed by atoms with Crippen LogP contribution in [-0.4, -0.2) is 39.5 Å². The molecule has 0 aliphatic rings. The standard InChI is InChI=1S/C21H24N6OS2/c1-4-26(5-2)17-9-7-15(8-10-17)19-24-25-21(27(19)6-3)30-14-18(28)23-20-16(13-22)11-12-29-20/h7-12H,4-6,14H2,1-3H3,(H,23,28). The second-order valence-electron chi connectivity index (χ2n) is 6.38. The fourth-order valence-corrected chi connectivity index (χ4v) is 4.65. The predicted molar refractivity (Wildman–Crippen MR) is 123 cm³/mol. The van der Waals surface area contributed by atoms with E-state index in [0.29, 0.717) is 22.3 Å². The van der Waals surface area contributed by atoms with Gasteiger partial charge in [0.2, 0.25) is 5.91 Å². The van der Waals surface area contributed by atoms with E-state index in [1.165, 1.54) is 28.8 Å². The molecule has 1 amide bonds. The van der Waals surface area contributed by atoms with Crippen molar-refractivity contribution >= 4 is 39.7 Å². The van der Waals surface area contributed by atoms with E-state index in [9.17, 15) is 4.79 Å². The van der Waals surface area contributed by atoms with Crippen LogP contribution in [0, 0.1) is 11.3 Å². The molecule has 0 aliphatic heterocycles. The van der Waals surface area contributed by atoms with Crippen molar-refractivity contribution in [1.29, 1.82) is 5.26 Å². The van der Waals surface area contributed by atoms with Crippen LogP contribution in [0.25, 0.3) is 11.4 Å². The Hall–Kier alpha value is -2.83. The minimum absolute atomic E-state index is 0.172. The van der Waals surface area contributed by atoms with E-state index in [0.717, 1.165) is 24.5 Å². The van der Waals surface area contributed by atoms with Crippen LogP contribution in [0.4, 0.5) is 10.7 Å². The van der Waals surface area contributed by atoms with Crippen LogP contribution in [0.15, 0.2) is 40.9 Å². The molecule has 2 aromatic heterocycles. The lowest BCUT2D eigenvalue weighted by Crippen LogP contribution is -2.21. The number of carbonyl (C=O) groups is 1. The summed E-state index contributed by atoms with van der Waals surface area (Å²) in [5, 5.41) is 23.6. The Labute approximate surface area is 184 Å². The summed E-state index contributed by atoms with van der Waals surface area (Å²) in [6.45, 7) is 8.95. The molecule has 7 nitrogen and oxygen atoms in total. The van der Waals surface area contributed by atoms with Crippen molar-refractivity contribution in [3.8, 4) is 17.5 Å². The zero-order chi connectivity index (χ0) is 21.5. The lowest BCUT2D eigenvalue weighted by Gasteiger charge is -2.21. The SMILES string of the molecule is CCN(CC)c1ccc(-c2nnc(SCC(=O)Nc3sccc3C#N)n2CC)cc1. The van der Waals surface area contributed by atoms with Crippen molar-refractivity contribution in [3.63, 3.8) is 0 Å². The third-order valence-electron chi connectivity index (χ3n) is 4.66. The Bertz CT molecular complexity index is 1030. The van der Waals surface area contributed by atoms with Gasteiger partial charge in [0.05, 0.1) is 11.3 Å². The number of hydrogen-bond acceptors (Lipinski definition) is 7. The second-order valence-corrected chi connectivity index (χ2v) is 8.24. The third-order valence-corrected chi connectivity index (χ3v) is 6.45. The van der Waals surface area contributed by atoms with Crippen LogP contribution >= 0.6 is 23.1 Å². The van der Waals surface area contributed by atoms with Crippen molar-refractivity contribution in [1.82, 2.24) is 14.8 Å². The molecule has 3 rings (SSSR count). The molecule has 30 heavy (non-hydrogen) atoms. The van der Waals surface area contributed by atoms with Crippen molar-refractivity contribution in [2.45, 2.75) is 32.5 Å². The third kappa shape index (κ3) is 4.83. The maximum absolute atomic E-state index is 12.3. The summed E-state index contributed by atoms with van der Waals surface area (Å²) >= 11 is 2.68. The molecule has 9 heteroatoms. The van der Waals surface area contributed by atoms with Gasteiger partial charge in [0.1, 0.15) is 11.1 Å². The minimum atomic E-state index is -0.172. The number of nitrogens with zero attached hydrogens (tertiary/aromatic N) is 5. The van der Waals surface area contributed by atoms with Gasteiger partial charge < -0.3 is 14.8 Å². The molecular weight excluding hydrogens is 416 g/mol. The molecule has 3 aromatic rings. The van der Waals surface area contributed by atoms with Gasteiger partial charge in [-0.1, -0.05) is 11.8 Å². The van der Waals surface area contributed by atoms with Crippen molar-refractivity contribution in [3.05, 3.63) is 41.3 Å². The number of benzene rings is 1. The largest absolute Gasteiger partial charge is 0.372 e. The number of carbonyl (C=O) groups excluding carboxylic acids is 1. The molecule has 0 saturated carbocycles. The zero-order valence-electron chi connectivity index (χ0n) is 17.3. The fourth-order valence-electron chi connectivity index (χ4n) is 3.09. The lowest BCUT2D eigenvalue weighted by atomic mass is 10.2. The number of aromatic nitrogens is 3. The Balaban J connectivity index is 1.70. The van der Waals surface area contributed by atoms with Gasteiger partial charge in [-0.3, -0.25) is 4.79 Å². The fraction of sp³-hybridized carbons (Fsp3) is 0.333. The predicted octanol–water partition coefficient (Wildman–Crippen LogP) is 4.48. The van der Waals surface area contributed by atoms with E-state index >= 15 is 0 Å². The average Bonchev–Trinajstić information content (AvgIpc) is 3.39. The molecule has 2 heterocycles.